The quantitative estimate of drug-likeness (QED) is 0.658. The number of methoxy groups -OCH3 is 2. The second-order valence-electron chi connectivity index (χ2n) is 7.78. The lowest BCUT2D eigenvalue weighted by molar-refractivity contribution is -0.129. The summed E-state index contributed by atoms with van der Waals surface area (Å²) in [4.78, 5) is 27.3. The van der Waals surface area contributed by atoms with E-state index in [4.69, 9.17) is 25.8 Å². The average Bonchev–Trinajstić information content (AvgIpc) is 2.77. The molecule has 2 aromatic carbocycles. The van der Waals surface area contributed by atoms with E-state index in [1.807, 2.05) is 12.1 Å². The molecule has 2 aliphatic heterocycles. The molecule has 1 amide bonds. The number of hydrogen-bond donors (Lipinski definition) is 0. The lowest BCUT2D eigenvalue weighted by atomic mass is 9.82. The van der Waals surface area contributed by atoms with Crippen LogP contribution in [0, 0.1) is 0 Å². The Kier molecular flexibility index (Phi) is 5.92. The van der Waals surface area contributed by atoms with Crippen molar-refractivity contribution in [3.63, 3.8) is 0 Å². The summed E-state index contributed by atoms with van der Waals surface area (Å²) in [7, 11) is 3.08. The molecular formula is C24H24ClNO5. The van der Waals surface area contributed by atoms with Crippen molar-refractivity contribution in [3.8, 4) is 17.2 Å². The van der Waals surface area contributed by atoms with E-state index >= 15 is 0 Å². The number of Topliss-reactive ketones (excluding diaryl/α,β-unsaturated/α-hetero) is 1. The Bertz CT molecular complexity index is 1040. The van der Waals surface area contributed by atoms with Crippen LogP contribution < -0.4 is 14.2 Å². The minimum Gasteiger partial charge on any atom is -0.493 e. The first-order chi connectivity index (χ1) is 14.9. The lowest BCUT2D eigenvalue weighted by Gasteiger charge is -2.44. The van der Waals surface area contributed by atoms with Gasteiger partial charge in [0.2, 0.25) is 11.7 Å². The van der Waals surface area contributed by atoms with Gasteiger partial charge in [0, 0.05) is 37.0 Å². The van der Waals surface area contributed by atoms with Crippen LogP contribution in [0.5, 0.6) is 17.2 Å². The summed E-state index contributed by atoms with van der Waals surface area (Å²) >= 11 is 5.99. The number of hydrogen-bond acceptors (Lipinski definition) is 5. The molecule has 0 atom stereocenters. The highest BCUT2D eigenvalue weighted by molar-refractivity contribution is 6.30. The number of likely N-dealkylation sites (tertiary alicyclic amines) is 1. The summed E-state index contributed by atoms with van der Waals surface area (Å²) < 4.78 is 17.2. The highest BCUT2D eigenvalue weighted by Crippen LogP contribution is 2.47. The standard InChI is InChI=1S/C24H24ClNO5/c1-29-20-8-7-18-19(27)15-24(31-22(18)23(20)30-2)10-12-26(13-11-24)21(28)9-6-16-4-3-5-17(25)14-16/h3-9,14H,10-13,15H2,1-2H3/b9-6+. The van der Waals surface area contributed by atoms with Crippen molar-refractivity contribution < 1.29 is 23.8 Å². The van der Waals surface area contributed by atoms with Gasteiger partial charge in [-0.2, -0.15) is 0 Å². The van der Waals surface area contributed by atoms with Crippen molar-refractivity contribution in [2.45, 2.75) is 24.9 Å². The van der Waals surface area contributed by atoms with Gasteiger partial charge in [-0.1, -0.05) is 23.7 Å². The van der Waals surface area contributed by atoms with Crippen LogP contribution in [-0.2, 0) is 4.79 Å². The van der Waals surface area contributed by atoms with Gasteiger partial charge in [0.15, 0.2) is 17.3 Å². The first-order valence-electron chi connectivity index (χ1n) is 10.1. The predicted molar refractivity (Wildman–Crippen MR) is 118 cm³/mol. The number of fused-ring (bicyclic) bond motifs is 1. The number of ether oxygens (including phenoxy) is 3. The molecule has 2 heterocycles. The van der Waals surface area contributed by atoms with E-state index in [2.05, 4.69) is 0 Å². The van der Waals surface area contributed by atoms with Gasteiger partial charge in [-0.05, 0) is 35.9 Å². The largest absolute Gasteiger partial charge is 0.493 e. The molecule has 1 spiro atoms. The Labute approximate surface area is 186 Å². The summed E-state index contributed by atoms with van der Waals surface area (Å²) in [5.41, 5.74) is 0.733. The van der Waals surface area contributed by atoms with Crippen molar-refractivity contribution in [2.75, 3.05) is 27.3 Å². The Morgan fingerprint density at radius 2 is 1.94 bits per heavy atom. The summed E-state index contributed by atoms with van der Waals surface area (Å²) in [5, 5.41) is 0.626. The molecular weight excluding hydrogens is 418 g/mol. The highest BCUT2D eigenvalue weighted by atomic mass is 35.5. The Morgan fingerprint density at radius 3 is 2.61 bits per heavy atom. The molecule has 162 valence electrons. The predicted octanol–water partition coefficient (Wildman–Crippen LogP) is 4.40. The zero-order chi connectivity index (χ0) is 22.0. The zero-order valence-corrected chi connectivity index (χ0v) is 18.3. The van der Waals surface area contributed by atoms with Crippen molar-refractivity contribution in [1.29, 1.82) is 0 Å². The number of amides is 1. The third kappa shape index (κ3) is 4.26. The van der Waals surface area contributed by atoms with Gasteiger partial charge in [-0.25, -0.2) is 0 Å². The maximum Gasteiger partial charge on any atom is 0.246 e. The number of carbonyl (C=O) groups is 2. The van der Waals surface area contributed by atoms with E-state index in [9.17, 15) is 9.59 Å². The lowest BCUT2D eigenvalue weighted by Crippen LogP contribution is -2.52. The molecule has 6 nitrogen and oxygen atoms in total. The molecule has 31 heavy (non-hydrogen) atoms. The Balaban J connectivity index is 1.47. The average molecular weight is 442 g/mol. The minimum absolute atomic E-state index is 0.0165. The summed E-state index contributed by atoms with van der Waals surface area (Å²) in [6, 6.07) is 10.8. The molecule has 2 aliphatic rings. The summed E-state index contributed by atoms with van der Waals surface area (Å²) in [6.07, 6.45) is 4.73. The van der Waals surface area contributed by atoms with Crippen molar-refractivity contribution in [3.05, 3.63) is 58.6 Å². The second-order valence-corrected chi connectivity index (χ2v) is 8.21. The monoisotopic (exact) mass is 441 g/mol. The van der Waals surface area contributed by atoms with Crippen molar-refractivity contribution >= 4 is 29.4 Å². The third-order valence-corrected chi connectivity index (χ3v) is 6.09. The van der Waals surface area contributed by atoms with Crippen molar-refractivity contribution in [2.24, 2.45) is 0 Å². The summed E-state index contributed by atoms with van der Waals surface area (Å²) in [5.74, 6) is 1.32. The molecule has 1 fully saturated rings. The first kappa shape index (κ1) is 21.2. The van der Waals surface area contributed by atoms with Crippen LogP contribution in [0.25, 0.3) is 6.08 Å². The molecule has 0 aromatic heterocycles. The summed E-state index contributed by atoms with van der Waals surface area (Å²) in [6.45, 7) is 1.02. The fourth-order valence-electron chi connectivity index (χ4n) is 4.16. The maximum absolute atomic E-state index is 12.9. The van der Waals surface area contributed by atoms with Gasteiger partial charge in [0.1, 0.15) is 5.60 Å². The molecule has 7 heteroatoms. The number of halogens is 1. The van der Waals surface area contributed by atoms with Crippen LogP contribution >= 0.6 is 11.6 Å². The van der Waals surface area contributed by atoms with Crippen LogP contribution in [0.1, 0.15) is 35.2 Å². The molecule has 4 rings (SSSR count). The number of rotatable bonds is 4. The van der Waals surface area contributed by atoms with Gasteiger partial charge < -0.3 is 19.1 Å². The topological polar surface area (TPSA) is 65.1 Å². The van der Waals surface area contributed by atoms with Crippen LogP contribution in [0.3, 0.4) is 0 Å². The Hall–Kier alpha value is -2.99. The fourth-order valence-corrected chi connectivity index (χ4v) is 4.36. The van der Waals surface area contributed by atoms with Gasteiger partial charge >= 0.3 is 0 Å². The van der Waals surface area contributed by atoms with Gasteiger partial charge in [0.25, 0.3) is 0 Å². The SMILES string of the molecule is COc1ccc2c(c1OC)OC1(CCN(C(=O)/C=C/c3cccc(Cl)c3)CC1)CC2=O. The second kappa shape index (κ2) is 8.63. The Morgan fingerprint density at radius 1 is 1.16 bits per heavy atom. The number of ketones is 1. The van der Waals surface area contributed by atoms with Crippen LogP contribution in [-0.4, -0.2) is 49.5 Å². The number of nitrogens with zero attached hydrogens (tertiary/aromatic N) is 1. The molecule has 0 N–H and O–H groups in total. The van der Waals surface area contributed by atoms with Crippen molar-refractivity contribution in [1.82, 2.24) is 4.90 Å². The van der Waals surface area contributed by atoms with Crippen LogP contribution in [0.4, 0.5) is 0 Å². The van der Waals surface area contributed by atoms with Gasteiger partial charge in [-0.15, -0.1) is 0 Å². The van der Waals surface area contributed by atoms with E-state index in [1.165, 1.54) is 7.11 Å². The molecule has 2 aromatic rings. The van der Waals surface area contributed by atoms with E-state index in [0.29, 0.717) is 53.8 Å². The maximum atomic E-state index is 12.9. The first-order valence-corrected chi connectivity index (χ1v) is 10.5. The van der Waals surface area contributed by atoms with E-state index in [1.54, 1.807) is 48.4 Å². The van der Waals surface area contributed by atoms with Crippen LogP contribution in [0.15, 0.2) is 42.5 Å². The molecule has 0 radical (unpaired) electrons. The van der Waals surface area contributed by atoms with E-state index in [0.717, 1.165) is 5.56 Å². The number of piperidine rings is 1. The van der Waals surface area contributed by atoms with Crippen LogP contribution in [0.2, 0.25) is 5.02 Å². The molecule has 0 unspecified atom stereocenters. The normalized spacial score (nSPS) is 17.4. The fraction of sp³-hybridized carbons (Fsp3) is 0.333. The molecule has 1 saturated heterocycles. The van der Waals surface area contributed by atoms with Gasteiger partial charge in [-0.3, -0.25) is 9.59 Å². The highest BCUT2D eigenvalue weighted by Gasteiger charge is 2.45. The molecule has 0 bridgehead atoms. The molecule has 0 aliphatic carbocycles. The number of carbonyl (C=O) groups excluding carboxylic acids is 2. The van der Waals surface area contributed by atoms with Gasteiger partial charge in [0.05, 0.1) is 26.2 Å². The minimum atomic E-state index is -0.642. The zero-order valence-electron chi connectivity index (χ0n) is 17.5. The number of benzene rings is 2. The smallest absolute Gasteiger partial charge is 0.246 e. The molecule has 0 saturated carbocycles. The third-order valence-electron chi connectivity index (χ3n) is 5.86. The van der Waals surface area contributed by atoms with E-state index in [-0.39, 0.29) is 18.1 Å². The van der Waals surface area contributed by atoms with E-state index < -0.39 is 5.60 Å².